The Morgan fingerprint density at radius 2 is 1.80 bits per heavy atom. The molecule has 0 aliphatic carbocycles. The fourth-order valence-electron chi connectivity index (χ4n) is 5.02. The van der Waals surface area contributed by atoms with Gasteiger partial charge in [-0.1, -0.05) is 45.5 Å². The van der Waals surface area contributed by atoms with Crippen molar-refractivity contribution in [3.8, 4) is 23.3 Å². The van der Waals surface area contributed by atoms with E-state index in [1.54, 1.807) is 32.0 Å². The molecule has 0 radical (unpaired) electrons. The molecule has 0 saturated heterocycles. The number of carbonyl (C=O) groups excluding carboxylic acids is 1. The van der Waals surface area contributed by atoms with Crippen molar-refractivity contribution in [1.29, 1.82) is 5.26 Å². The van der Waals surface area contributed by atoms with Crippen LogP contribution in [0.25, 0.3) is 6.08 Å². The number of esters is 1. The van der Waals surface area contributed by atoms with Gasteiger partial charge in [-0.15, -0.1) is 0 Å². The Balaban J connectivity index is 1.60. The average molecular weight is 926 g/mol. The van der Waals surface area contributed by atoms with Crippen molar-refractivity contribution in [2.24, 2.45) is 4.99 Å². The molecule has 0 amide bonds. The number of benzene rings is 3. The second-order valence-corrected chi connectivity index (χ2v) is 14.1. The Morgan fingerprint density at radius 1 is 1.13 bits per heavy atom. The van der Waals surface area contributed by atoms with Crippen molar-refractivity contribution in [3.63, 3.8) is 0 Å². The van der Waals surface area contributed by atoms with E-state index < -0.39 is 12.0 Å². The molecule has 1 aliphatic heterocycles. The molecule has 0 spiro atoms. The monoisotopic (exact) mass is 925 g/mol. The van der Waals surface area contributed by atoms with Crippen LogP contribution in [0, 0.1) is 18.5 Å². The third kappa shape index (κ3) is 6.76. The fraction of sp³-hybridized carbons (Fsp3) is 0.212. The first-order chi connectivity index (χ1) is 22.1. The number of halogens is 3. The highest BCUT2D eigenvalue weighted by atomic mass is 127. The molecule has 0 unspecified atom stereocenters. The number of hydrogen-bond acceptors (Lipinski definition) is 9. The Labute approximate surface area is 304 Å². The molecule has 46 heavy (non-hydrogen) atoms. The molecular weight excluding hydrogens is 900 g/mol. The number of nitrogens with zero attached hydrogens (tertiary/aromatic N) is 3. The van der Waals surface area contributed by atoms with E-state index in [-0.39, 0.29) is 24.3 Å². The maximum Gasteiger partial charge on any atom is 0.338 e. The van der Waals surface area contributed by atoms with Crippen LogP contribution >= 0.6 is 72.4 Å². The van der Waals surface area contributed by atoms with Crippen LogP contribution in [0.1, 0.15) is 42.1 Å². The molecule has 3 aromatic carbocycles. The van der Waals surface area contributed by atoms with Crippen molar-refractivity contribution in [2.75, 3.05) is 20.8 Å². The molecule has 0 saturated carbocycles. The van der Waals surface area contributed by atoms with Crippen molar-refractivity contribution < 1.29 is 23.7 Å². The molecule has 0 fully saturated rings. The van der Waals surface area contributed by atoms with Crippen LogP contribution < -0.4 is 29.1 Å². The van der Waals surface area contributed by atoms with Crippen molar-refractivity contribution in [3.05, 3.63) is 113 Å². The molecule has 4 aromatic rings. The van der Waals surface area contributed by atoms with E-state index in [1.165, 1.54) is 30.1 Å². The molecule has 13 heteroatoms. The van der Waals surface area contributed by atoms with Gasteiger partial charge in [0, 0.05) is 10.0 Å². The van der Waals surface area contributed by atoms with E-state index in [0.29, 0.717) is 47.9 Å². The number of methoxy groups -OCH3 is 2. The lowest BCUT2D eigenvalue weighted by Gasteiger charge is -2.26. The highest BCUT2D eigenvalue weighted by Gasteiger charge is 2.35. The number of hydrogen-bond donors (Lipinski definition) is 0. The number of nitriles is 1. The molecule has 1 aromatic heterocycles. The molecule has 5 rings (SSSR count). The largest absolute Gasteiger partial charge is 0.493 e. The summed E-state index contributed by atoms with van der Waals surface area (Å²) in [5.74, 6) is 1.08. The average Bonchev–Trinajstić information content (AvgIpc) is 3.33. The van der Waals surface area contributed by atoms with Crippen LogP contribution in [-0.2, 0) is 16.1 Å². The number of aromatic nitrogens is 1. The van der Waals surface area contributed by atoms with Gasteiger partial charge in [0.15, 0.2) is 16.3 Å². The van der Waals surface area contributed by atoms with Crippen LogP contribution in [0.15, 0.2) is 74.1 Å². The minimum atomic E-state index is -0.834. The number of fused-ring (bicyclic) bond motifs is 1. The molecule has 0 bridgehead atoms. The smallest absolute Gasteiger partial charge is 0.338 e. The van der Waals surface area contributed by atoms with Gasteiger partial charge in [0.1, 0.15) is 12.4 Å². The summed E-state index contributed by atoms with van der Waals surface area (Å²) in [4.78, 5) is 32.6. The van der Waals surface area contributed by atoms with Crippen LogP contribution in [0.4, 0.5) is 0 Å². The number of ether oxygens (including phenoxy) is 4. The second kappa shape index (κ2) is 14.7. The molecule has 236 valence electrons. The summed E-state index contributed by atoms with van der Waals surface area (Å²) in [6.45, 7) is 3.89. The molecule has 1 atom stereocenters. The molecule has 9 nitrogen and oxygen atoms in total. The van der Waals surface area contributed by atoms with Gasteiger partial charge in [0.25, 0.3) is 5.56 Å². The standard InChI is InChI=1S/C33H26BrI2N3O6S/c1-5-44-32(41)28-17(2)38-33-39(29(28)21-13-25(42-3)26(43-4)14-22(21)34)31(40)27(46-33)12-18-10-23(35)30(24(36)11-18)45-16-20-9-7-6-8-19(20)15-37/h6-14,29H,5,16H2,1-4H3/b27-12-/t29-/m1/s1. The first-order valence-corrected chi connectivity index (χ1v) is 17.6. The van der Waals surface area contributed by atoms with Gasteiger partial charge in [-0.05, 0) is 107 Å². The predicted octanol–water partition coefficient (Wildman–Crippen LogP) is 6.24. The summed E-state index contributed by atoms with van der Waals surface area (Å²) in [5.41, 5.74) is 3.21. The Morgan fingerprint density at radius 3 is 2.46 bits per heavy atom. The summed E-state index contributed by atoms with van der Waals surface area (Å²) in [7, 11) is 3.06. The van der Waals surface area contributed by atoms with Gasteiger partial charge >= 0.3 is 5.97 Å². The van der Waals surface area contributed by atoms with Crippen molar-refractivity contribution in [1.82, 2.24) is 4.57 Å². The SMILES string of the molecule is CCOC(=O)C1=C(C)N=c2s/c(=C\c3cc(I)c(OCc4ccccc4C#N)c(I)c3)c(=O)n2[C@@H]1c1cc(OC)c(OC)cc1Br. The third-order valence-corrected chi connectivity index (χ3v) is 10.4. The van der Waals surface area contributed by atoms with Gasteiger partial charge < -0.3 is 18.9 Å². The minimum absolute atomic E-state index is 0.168. The maximum atomic E-state index is 14.2. The van der Waals surface area contributed by atoms with Crippen LogP contribution in [0.3, 0.4) is 0 Å². The van der Waals surface area contributed by atoms with Crippen molar-refractivity contribution >= 4 is 84.5 Å². The summed E-state index contributed by atoms with van der Waals surface area (Å²) < 4.78 is 26.9. The van der Waals surface area contributed by atoms with Crippen LogP contribution in [0.5, 0.6) is 17.2 Å². The Kier molecular flexibility index (Phi) is 10.9. The van der Waals surface area contributed by atoms with E-state index >= 15 is 0 Å². The van der Waals surface area contributed by atoms with E-state index in [4.69, 9.17) is 18.9 Å². The number of carbonyl (C=O) groups is 1. The first kappa shape index (κ1) is 34.1. The summed E-state index contributed by atoms with van der Waals surface area (Å²) in [6.07, 6.45) is 1.81. The highest BCUT2D eigenvalue weighted by molar-refractivity contribution is 14.1. The minimum Gasteiger partial charge on any atom is -0.493 e. The lowest BCUT2D eigenvalue weighted by Crippen LogP contribution is -2.40. The summed E-state index contributed by atoms with van der Waals surface area (Å²) in [6, 6.07) is 16.1. The lowest BCUT2D eigenvalue weighted by atomic mass is 9.95. The summed E-state index contributed by atoms with van der Waals surface area (Å²) >= 11 is 9.29. The second-order valence-electron chi connectivity index (χ2n) is 9.90. The van der Waals surface area contributed by atoms with Gasteiger partial charge in [0.2, 0.25) is 0 Å². The van der Waals surface area contributed by atoms with Gasteiger partial charge in [0.05, 0.1) is 61.4 Å². The van der Waals surface area contributed by atoms with E-state index in [1.807, 2.05) is 36.4 Å². The maximum absolute atomic E-state index is 14.2. The van der Waals surface area contributed by atoms with Crippen molar-refractivity contribution in [2.45, 2.75) is 26.5 Å². The number of allylic oxidation sites excluding steroid dienone is 1. The zero-order valence-electron chi connectivity index (χ0n) is 25.0. The van der Waals surface area contributed by atoms with E-state index in [2.05, 4.69) is 72.2 Å². The van der Waals surface area contributed by atoms with Gasteiger partial charge in [-0.2, -0.15) is 5.26 Å². The predicted molar refractivity (Wildman–Crippen MR) is 195 cm³/mol. The molecular formula is C33H26BrI2N3O6S. The topological polar surface area (TPSA) is 112 Å². The zero-order chi connectivity index (χ0) is 33.1. The first-order valence-electron chi connectivity index (χ1n) is 13.8. The van der Waals surface area contributed by atoms with E-state index in [9.17, 15) is 14.9 Å². The summed E-state index contributed by atoms with van der Waals surface area (Å²) in [5, 5.41) is 9.42. The van der Waals surface area contributed by atoms with Gasteiger partial charge in [-0.3, -0.25) is 9.36 Å². The molecule has 1 aliphatic rings. The third-order valence-electron chi connectivity index (χ3n) is 7.14. The number of thiazole rings is 1. The number of rotatable bonds is 9. The lowest BCUT2D eigenvalue weighted by molar-refractivity contribution is -0.139. The van der Waals surface area contributed by atoms with Crippen LogP contribution in [0.2, 0.25) is 0 Å². The van der Waals surface area contributed by atoms with Crippen LogP contribution in [-0.4, -0.2) is 31.4 Å². The Bertz CT molecular complexity index is 2100. The zero-order valence-corrected chi connectivity index (χ0v) is 31.7. The van der Waals surface area contributed by atoms with Gasteiger partial charge in [-0.25, -0.2) is 9.79 Å². The molecule has 0 N–H and O–H groups in total. The highest BCUT2D eigenvalue weighted by Crippen LogP contribution is 2.41. The normalized spacial score (nSPS) is 14.3. The quantitative estimate of drug-likeness (QED) is 0.145. The van der Waals surface area contributed by atoms with E-state index in [0.717, 1.165) is 18.3 Å². The molecule has 2 heterocycles. The fourth-order valence-corrected chi connectivity index (χ4v) is 8.74. The Hall–Kier alpha value is -3.20.